The summed E-state index contributed by atoms with van der Waals surface area (Å²) in [5, 5.41) is 9.06. The van der Waals surface area contributed by atoms with E-state index in [2.05, 4.69) is 24.3 Å². The highest BCUT2D eigenvalue weighted by molar-refractivity contribution is 8.03. The van der Waals surface area contributed by atoms with Gasteiger partial charge in [-0.25, -0.2) is 0 Å². The Kier molecular flexibility index (Phi) is 3.26. The van der Waals surface area contributed by atoms with Gasteiger partial charge in [0.2, 0.25) is 0 Å². The predicted molar refractivity (Wildman–Crippen MR) is 71.0 cm³/mol. The van der Waals surface area contributed by atoms with Crippen LogP contribution in [0.1, 0.15) is 13.3 Å². The van der Waals surface area contributed by atoms with Gasteiger partial charge in [-0.1, -0.05) is 36.0 Å². The molecule has 0 saturated heterocycles. The quantitative estimate of drug-likeness (QED) is 0.864. The monoisotopic (exact) mass is 242 g/mol. The normalized spacial score (nSPS) is 23.5. The highest BCUT2D eigenvalue weighted by Gasteiger charge is 2.25. The molecule has 0 spiro atoms. The van der Waals surface area contributed by atoms with Crippen molar-refractivity contribution in [1.29, 1.82) is 5.26 Å². The number of hydrogen-bond acceptors (Lipinski definition) is 3. The molecule has 2 N–H and O–H groups in total. The third kappa shape index (κ3) is 2.72. The third-order valence-electron chi connectivity index (χ3n) is 2.70. The third-order valence-corrected chi connectivity index (χ3v) is 3.83. The van der Waals surface area contributed by atoms with E-state index in [1.165, 1.54) is 0 Å². The zero-order valence-corrected chi connectivity index (χ0v) is 10.5. The number of nitriles is 1. The van der Waals surface area contributed by atoms with E-state index in [0.29, 0.717) is 5.70 Å². The van der Waals surface area contributed by atoms with E-state index in [0.717, 1.165) is 16.2 Å². The van der Waals surface area contributed by atoms with E-state index >= 15 is 0 Å². The average molecular weight is 242 g/mol. The standard InChI is InChI=1S/C14H14N2S/c1-14(10-15)8-7-13(12(16)9-14)17-11-5-3-2-4-6-11/h2-7,9H,8,16H2,1H3. The molecule has 86 valence electrons. The zero-order valence-electron chi connectivity index (χ0n) is 9.68. The predicted octanol–water partition coefficient (Wildman–Crippen LogP) is 3.44. The van der Waals surface area contributed by atoms with E-state index in [9.17, 15) is 0 Å². The highest BCUT2D eigenvalue weighted by Crippen LogP contribution is 2.38. The lowest BCUT2D eigenvalue weighted by atomic mass is 9.84. The molecule has 17 heavy (non-hydrogen) atoms. The fourth-order valence-electron chi connectivity index (χ4n) is 1.69. The van der Waals surface area contributed by atoms with Crippen LogP contribution < -0.4 is 5.73 Å². The zero-order chi connectivity index (χ0) is 12.3. The fourth-order valence-corrected chi connectivity index (χ4v) is 2.58. The van der Waals surface area contributed by atoms with Crippen LogP contribution in [0.5, 0.6) is 0 Å². The van der Waals surface area contributed by atoms with Gasteiger partial charge in [0.15, 0.2) is 0 Å². The fraction of sp³-hybridized carbons (Fsp3) is 0.214. The molecule has 0 bridgehead atoms. The molecule has 1 atom stereocenters. The Morgan fingerprint density at radius 1 is 1.35 bits per heavy atom. The molecule has 1 aliphatic carbocycles. The van der Waals surface area contributed by atoms with Crippen molar-refractivity contribution in [3.8, 4) is 6.07 Å². The van der Waals surface area contributed by atoms with Gasteiger partial charge in [-0.2, -0.15) is 5.26 Å². The summed E-state index contributed by atoms with van der Waals surface area (Å²) in [6.45, 7) is 1.90. The Bertz CT molecular complexity index is 511. The van der Waals surface area contributed by atoms with E-state index in [-0.39, 0.29) is 0 Å². The topological polar surface area (TPSA) is 49.8 Å². The number of rotatable bonds is 2. The van der Waals surface area contributed by atoms with Crippen molar-refractivity contribution in [2.75, 3.05) is 0 Å². The molecule has 1 aromatic carbocycles. The van der Waals surface area contributed by atoms with Crippen molar-refractivity contribution < 1.29 is 0 Å². The van der Waals surface area contributed by atoms with Crippen LogP contribution in [0.3, 0.4) is 0 Å². The minimum absolute atomic E-state index is 0.454. The first kappa shape index (κ1) is 11.8. The Balaban J connectivity index is 2.16. The summed E-state index contributed by atoms with van der Waals surface area (Å²) in [6, 6.07) is 12.4. The lowest BCUT2D eigenvalue weighted by molar-refractivity contribution is 0.566. The van der Waals surface area contributed by atoms with E-state index in [4.69, 9.17) is 11.0 Å². The van der Waals surface area contributed by atoms with Gasteiger partial charge in [0.25, 0.3) is 0 Å². The molecule has 0 fully saturated rings. The average Bonchev–Trinajstić information content (AvgIpc) is 2.34. The molecule has 1 aliphatic rings. The van der Waals surface area contributed by atoms with Crippen LogP contribution in [0, 0.1) is 16.7 Å². The largest absolute Gasteiger partial charge is 0.398 e. The maximum atomic E-state index is 9.06. The Hall–Kier alpha value is -1.66. The Labute approximate surface area is 106 Å². The van der Waals surface area contributed by atoms with Gasteiger partial charge >= 0.3 is 0 Å². The van der Waals surface area contributed by atoms with Crippen LogP contribution in [0.4, 0.5) is 0 Å². The van der Waals surface area contributed by atoms with Crippen LogP contribution in [0.15, 0.2) is 58.0 Å². The summed E-state index contributed by atoms with van der Waals surface area (Å²) in [7, 11) is 0. The summed E-state index contributed by atoms with van der Waals surface area (Å²) in [5.74, 6) is 0. The molecule has 0 aromatic heterocycles. The van der Waals surface area contributed by atoms with Crippen molar-refractivity contribution in [2.45, 2.75) is 18.2 Å². The molecule has 3 heteroatoms. The summed E-state index contributed by atoms with van der Waals surface area (Å²) < 4.78 is 0. The van der Waals surface area contributed by atoms with E-state index in [1.807, 2.05) is 31.2 Å². The molecule has 0 heterocycles. The Morgan fingerprint density at radius 2 is 2.06 bits per heavy atom. The van der Waals surface area contributed by atoms with Crippen molar-refractivity contribution in [2.24, 2.45) is 11.1 Å². The maximum Gasteiger partial charge on any atom is 0.0783 e. The summed E-state index contributed by atoms with van der Waals surface area (Å²) in [5.41, 5.74) is 6.25. The summed E-state index contributed by atoms with van der Waals surface area (Å²) in [4.78, 5) is 2.21. The maximum absolute atomic E-state index is 9.06. The molecule has 2 nitrogen and oxygen atoms in total. The van der Waals surface area contributed by atoms with Crippen LogP contribution in [0.25, 0.3) is 0 Å². The number of nitrogens with two attached hydrogens (primary N) is 1. The number of thioether (sulfide) groups is 1. The second kappa shape index (κ2) is 4.68. The number of hydrogen-bond donors (Lipinski definition) is 1. The van der Waals surface area contributed by atoms with Crippen LogP contribution in [-0.4, -0.2) is 0 Å². The minimum atomic E-state index is -0.454. The number of nitrogens with zero attached hydrogens (tertiary/aromatic N) is 1. The first-order chi connectivity index (χ1) is 8.13. The second-order valence-electron chi connectivity index (χ2n) is 4.32. The highest BCUT2D eigenvalue weighted by atomic mass is 32.2. The first-order valence-corrected chi connectivity index (χ1v) is 6.28. The van der Waals surface area contributed by atoms with Gasteiger partial charge in [-0.05, 0) is 31.6 Å². The smallest absolute Gasteiger partial charge is 0.0783 e. The van der Waals surface area contributed by atoms with Crippen molar-refractivity contribution in [1.82, 2.24) is 0 Å². The Morgan fingerprint density at radius 3 is 2.65 bits per heavy atom. The van der Waals surface area contributed by atoms with E-state index in [1.54, 1.807) is 11.8 Å². The van der Waals surface area contributed by atoms with Crippen LogP contribution in [0.2, 0.25) is 0 Å². The van der Waals surface area contributed by atoms with Gasteiger partial charge < -0.3 is 5.73 Å². The van der Waals surface area contributed by atoms with Crippen molar-refractivity contribution >= 4 is 11.8 Å². The van der Waals surface area contributed by atoms with E-state index < -0.39 is 5.41 Å². The second-order valence-corrected chi connectivity index (χ2v) is 5.43. The van der Waals surface area contributed by atoms with Gasteiger partial charge in [-0.3, -0.25) is 0 Å². The molecule has 0 aliphatic heterocycles. The van der Waals surface area contributed by atoms with Gasteiger partial charge in [0.05, 0.1) is 11.5 Å². The van der Waals surface area contributed by atoms with Gasteiger partial charge in [-0.15, -0.1) is 0 Å². The molecular weight excluding hydrogens is 228 g/mol. The van der Waals surface area contributed by atoms with Gasteiger partial charge in [0.1, 0.15) is 0 Å². The molecular formula is C14H14N2S. The van der Waals surface area contributed by atoms with Gasteiger partial charge in [0, 0.05) is 15.5 Å². The lowest BCUT2D eigenvalue weighted by Gasteiger charge is -2.22. The molecule has 0 radical (unpaired) electrons. The molecule has 1 unspecified atom stereocenters. The van der Waals surface area contributed by atoms with Crippen molar-refractivity contribution in [3.05, 3.63) is 53.1 Å². The molecule has 1 aromatic rings. The molecule has 0 saturated carbocycles. The minimum Gasteiger partial charge on any atom is -0.398 e. The number of benzene rings is 1. The summed E-state index contributed by atoms with van der Waals surface area (Å²) >= 11 is 1.64. The lowest BCUT2D eigenvalue weighted by Crippen LogP contribution is -2.17. The van der Waals surface area contributed by atoms with Crippen molar-refractivity contribution in [3.63, 3.8) is 0 Å². The molecule has 2 rings (SSSR count). The molecule has 0 amide bonds. The van der Waals surface area contributed by atoms with Crippen LogP contribution in [-0.2, 0) is 0 Å². The van der Waals surface area contributed by atoms with Crippen LogP contribution >= 0.6 is 11.8 Å². The SMILES string of the molecule is CC1(C#N)C=C(N)C(Sc2ccccc2)=CC1. The summed E-state index contributed by atoms with van der Waals surface area (Å²) in [6.07, 6.45) is 4.63. The first-order valence-electron chi connectivity index (χ1n) is 5.46. The number of allylic oxidation sites excluding steroid dienone is 2.